The molecule has 66 valence electrons. The Morgan fingerprint density at radius 2 is 2.08 bits per heavy atom. The van der Waals surface area contributed by atoms with Crippen LogP contribution in [-0.2, 0) is 11.4 Å². The zero-order valence-electron chi connectivity index (χ0n) is 7.29. The van der Waals surface area contributed by atoms with Crippen LogP contribution in [-0.4, -0.2) is 5.11 Å². The molecule has 0 radical (unpaired) electrons. The van der Waals surface area contributed by atoms with Gasteiger partial charge in [-0.3, -0.25) is 4.84 Å². The highest BCUT2D eigenvalue weighted by atomic mass is 16.6. The summed E-state index contributed by atoms with van der Waals surface area (Å²) in [4.78, 5) is 4.49. The average molecular weight is 167 g/mol. The largest absolute Gasteiger partial charge is 0.507 e. The van der Waals surface area contributed by atoms with Crippen LogP contribution >= 0.6 is 0 Å². The van der Waals surface area contributed by atoms with E-state index in [9.17, 15) is 5.11 Å². The maximum absolute atomic E-state index is 9.52. The number of rotatable bonds is 2. The van der Waals surface area contributed by atoms with E-state index in [0.29, 0.717) is 12.4 Å². The van der Waals surface area contributed by atoms with Crippen molar-refractivity contribution in [1.82, 2.24) is 0 Å². The third-order valence-corrected chi connectivity index (χ3v) is 1.98. The van der Waals surface area contributed by atoms with Crippen LogP contribution in [0, 0.1) is 13.8 Å². The van der Waals surface area contributed by atoms with Gasteiger partial charge in [0.15, 0.2) is 0 Å². The summed E-state index contributed by atoms with van der Waals surface area (Å²) in [6, 6.07) is 3.74. The van der Waals surface area contributed by atoms with Gasteiger partial charge in [0.1, 0.15) is 5.75 Å². The molecule has 0 aliphatic rings. The molecule has 12 heavy (non-hydrogen) atoms. The van der Waals surface area contributed by atoms with Crippen molar-refractivity contribution in [2.24, 2.45) is 5.90 Å². The lowest BCUT2D eigenvalue weighted by Crippen LogP contribution is -2.01. The molecule has 0 saturated heterocycles. The van der Waals surface area contributed by atoms with Crippen LogP contribution in [0.1, 0.15) is 16.7 Å². The Morgan fingerprint density at radius 3 is 2.67 bits per heavy atom. The summed E-state index contributed by atoms with van der Waals surface area (Å²) in [6.45, 7) is 4.03. The van der Waals surface area contributed by atoms with Gasteiger partial charge in [0.25, 0.3) is 0 Å². The van der Waals surface area contributed by atoms with Gasteiger partial charge in [-0.25, -0.2) is 5.90 Å². The van der Waals surface area contributed by atoms with Crippen LogP contribution in [0.4, 0.5) is 0 Å². The molecule has 3 heteroatoms. The summed E-state index contributed by atoms with van der Waals surface area (Å²) in [5.74, 6) is 5.26. The summed E-state index contributed by atoms with van der Waals surface area (Å²) < 4.78 is 0. The molecule has 0 spiro atoms. The smallest absolute Gasteiger partial charge is 0.121 e. The molecule has 0 fully saturated rings. The normalized spacial score (nSPS) is 10.2. The van der Waals surface area contributed by atoms with Crippen molar-refractivity contribution in [3.05, 3.63) is 28.8 Å². The van der Waals surface area contributed by atoms with Crippen LogP contribution in [0.15, 0.2) is 12.1 Å². The molecule has 0 aliphatic heterocycles. The second-order valence-electron chi connectivity index (χ2n) is 2.83. The van der Waals surface area contributed by atoms with Gasteiger partial charge in [0.05, 0.1) is 6.61 Å². The molecule has 0 aromatic heterocycles. The van der Waals surface area contributed by atoms with Gasteiger partial charge in [0, 0.05) is 0 Å². The second kappa shape index (κ2) is 3.56. The molecule has 0 bridgehead atoms. The van der Waals surface area contributed by atoms with Crippen molar-refractivity contribution < 1.29 is 9.94 Å². The van der Waals surface area contributed by atoms with Crippen molar-refractivity contribution in [1.29, 1.82) is 0 Å². The lowest BCUT2D eigenvalue weighted by Gasteiger charge is -2.07. The van der Waals surface area contributed by atoms with E-state index in [-0.39, 0.29) is 0 Å². The maximum Gasteiger partial charge on any atom is 0.121 e. The Kier molecular flexibility index (Phi) is 2.68. The van der Waals surface area contributed by atoms with Gasteiger partial charge in [-0.05, 0) is 30.5 Å². The van der Waals surface area contributed by atoms with Crippen LogP contribution in [0.2, 0.25) is 0 Å². The molecule has 0 heterocycles. The minimum Gasteiger partial charge on any atom is -0.507 e. The third-order valence-electron chi connectivity index (χ3n) is 1.98. The number of aromatic hydroxyl groups is 1. The number of phenolic OH excluding ortho intramolecular Hbond substituents is 1. The summed E-state index contributed by atoms with van der Waals surface area (Å²) in [7, 11) is 0. The summed E-state index contributed by atoms with van der Waals surface area (Å²) in [6.07, 6.45) is 0. The van der Waals surface area contributed by atoms with Crippen LogP contribution in [0.3, 0.4) is 0 Å². The number of aryl methyl sites for hydroxylation is 1. The first-order valence-electron chi connectivity index (χ1n) is 3.76. The van der Waals surface area contributed by atoms with E-state index in [2.05, 4.69) is 4.84 Å². The molecule has 1 aromatic carbocycles. The van der Waals surface area contributed by atoms with E-state index in [4.69, 9.17) is 5.90 Å². The molecular formula is C9H13NO2. The minimum absolute atomic E-state index is 0.324. The SMILES string of the molecule is Cc1ccc(CON)c(C)c1O. The fourth-order valence-corrected chi connectivity index (χ4v) is 1.12. The highest BCUT2D eigenvalue weighted by molar-refractivity contribution is 5.43. The lowest BCUT2D eigenvalue weighted by atomic mass is 10.0. The van der Waals surface area contributed by atoms with Gasteiger partial charge in [-0.15, -0.1) is 0 Å². The third kappa shape index (κ3) is 1.57. The number of benzene rings is 1. The summed E-state index contributed by atoms with van der Waals surface area (Å²) in [5, 5.41) is 9.52. The number of nitrogens with two attached hydrogens (primary N) is 1. The van der Waals surface area contributed by atoms with Gasteiger partial charge >= 0.3 is 0 Å². The number of hydrogen-bond acceptors (Lipinski definition) is 3. The molecule has 3 nitrogen and oxygen atoms in total. The average Bonchev–Trinajstić information content (AvgIpc) is 2.07. The van der Waals surface area contributed by atoms with Crippen molar-refractivity contribution in [3.63, 3.8) is 0 Å². The van der Waals surface area contributed by atoms with Gasteiger partial charge in [-0.2, -0.15) is 0 Å². The molecule has 0 aliphatic carbocycles. The topological polar surface area (TPSA) is 55.5 Å². The standard InChI is InChI=1S/C9H13NO2/c1-6-3-4-8(5-12-10)7(2)9(6)11/h3-4,11H,5,10H2,1-2H3. The van der Waals surface area contributed by atoms with E-state index < -0.39 is 0 Å². The Morgan fingerprint density at radius 1 is 1.42 bits per heavy atom. The lowest BCUT2D eigenvalue weighted by molar-refractivity contribution is 0.123. The highest BCUT2D eigenvalue weighted by Crippen LogP contribution is 2.24. The zero-order chi connectivity index (χ0) is 9.14. The Hall–Kier alpha value is -1.06. The first kappa shape index (κ1) is 9.03. The molecule has 1 rings (SSSR count). The van der Waals surface area contributed by atoms with Crippen molar-refractivity contribution in [2.75, 3.05) is 0 Å². The molecular weight excluding hydrogens is 154 g/mol. The van der Waals surface area contributed by atoms with Crippen LogP contribution in [0.25, 0.3) is 0 Å². The fourth-order valence-electron chi connectivity index (χ4n) is 1.12. The van der Waals surface area contributed by atoms with Gasteiger partial charge in [0.2, 0.25) is 0 Å². The van der Waals surface area contributed by atoms with Crippen LogP contribution in [0.5, 0.6) is 5.75 Å². The molecule has 0 unspecified atom stereocenters. The molecule has 3 N–H and O–H groups in total. The van der Waals surface area contributed by atoms with E-state index in [0.717, 1.165) is 16.7 Å². The van der Waals surface area contributed by atoms with E-state index in [1.807, 2.05) is 26.0 Å². The van der Waals surface area contributed by atoms with Crippen LogP contribution < -0.4 is 5.90 Å². The van der Waals surface area contributed by atoms with Crippen molar-refractivity contribution in [3.8, 4) is 5.75 Å². The number of phenols is 1. The minimum atomic E-state index is 0.324. The molecule has 0 saturated carbocycles. The van der Waals surface area contributed by atoms with E-state index in [1.165, 1.54) is 0 Å². The maximum atomic E-state index is 9.52. The Labute approximate surface area is 71.7 Å². The van der Waals surface area contributed by atoms with E-state index >= 15 is 0 Å². The number of hydrogen-bond donors (Lipinski definition) is 2. The Balaban J connectivity index is 3.08. The first-order valence-corrected chi connectivity index (χ1v) is 3.76. The second-order valence-corrected chi connectivity index (χ2v) is 2.83. The monoisotopic (exact) mass is 167 g/mol. The van der Waals surface area contributed by atoms with Crippen molar-refractivity contribution in [2.45, 2.75) is 20.5 Å². The van der Waals surface area contributed by atoms with Crippen molar-refractivity contribution >= 4 is 0 Å². The molecule has 1 aromatic rings. The zero-order valence-corrected chi connectivity index (χ0v) is 7.29. The van der Waals surface area contributed by atoms with E-state index in [1.54, 1.807) is 0 Å². The quantitative estimate of drug-likeness (QED) is 0.654. The predicted molar refractivity (Wildman–Crippen MR) is 46.6 cm³/mol. The van der Waals surface area contributed by atoms with Gasteiger partial charge < -0.3 is 5.11 Å². The van der Waals surface area contributed by atoms with Gasteiger partial charge in [-0.1, -0.05) is 12.1 Å². The first-order chi connectivity index (χ1) is 5.66. The summed E-state index contributed by atoms with van der Waals surface area (Å²) >= 11 is 0. The molecule has 0 atom stereocenters. The fraction of sp³-hybridized carbons (Fsp3) is 0.333. The molecule has 0 amide bonds. The Bertz CT molecular complexity index is 284. The highest BCUT2D eigenvalue weighted by Gasteiger charge is 2.04. The summed E-state index contributed by atoms with van der Waals surface area (Å²) in [5.41, 5.74) is 2.62. The predicted octanol–water partition coefficient (Wildman–Crippen LogP) is 1.40.